The van der Waals surface area contributed by atoms with E-state index in [1.54, 1.807) is 0 Å². The zero-order valence-electron chi connectivity index (χ0n) is 4.95. The van der Waals surface area contributed by atoms with E-state index in [1.807, 2.05) is 20.8 Å². The van der Waals surface area contributed by atoms with Crippen molar-refractivity contribution in [1.82, 2.24) is 0 Å². The minimum absolute atomic E-state index is 0.806. The number of nitrogens with zero attached hydrogens (tertiary/aromatic N) is 1. The molecule has 0 aliphatic carbocycles. The predicted octanol–water partition coefficient (Wildman–Crippen LogP) is 2.22. The van der Waals surface area contributed by atoms with Crippen LogP contribution in [0.15, 0.2) is 11.3 Å². The van der Waals surface area contributed by atoms with E-state index in [2.05, 4.69) is 4.85 Å². The van der Waals surface area contributed by atoms with Gasteiger partial charge in [0.25, 0.3) is 0 Å². The molecule has 1 nitrogen and oxygen atoms in total. The minimum Gasteiger partial charge on any atom is -0.243 e. The highest BCUT2D eigenvalue weighted by Crippen LogP contribution is 2.00. The Morgan fingerprint density at radius 2 is 1.71 bits per heavy atom. The number of allylic oxidation sites excluding steroid dienone is 2. The second kappa shape index (κ2) is 2.41. The summed E-state index contributed by atoms with van der Waals surface area (Å²) < 4.78 is 0. The summed E-state index contributed by atoms with van der Waals surface area (Å²) in [5.74, 6) is 0. The molecule has 0 N–H and O–H groups in total. The van der Waals surface area contributed by atoms with E-state index in [-0.39, 0.29) is 0 Å². The Morgan fingerprint density at radius 3 is 1.71 bits per heavy atom. The maximum absolute atomic E-state index is 6.51. The first kappa shape index (κ1) is 6.23. The lowest BCUT2D eigenvalue weighted by molar-refractivity contribution is 1.29. The molecule has 0 aliphatic rings. The van der Waals surface area contributed by atoms with Gasteiger partial charge in [0, 0.05) is 0 Å². The minimum atomic E-state index is 0.806. The third kappa shape index (κ3) is 1.99. The fourth-order valence-electron chi connectivity index (χ4n) is 0.112. The Bertz CT molecular complexity index is 122. The molecule has 0 unspecified atom stereocenters. The Morgan fingerprint density at radius 1 is 1.29 bits per heavy atom. The van der Waals surface area contributed by atoms with Gasteiger partial charge in [0.2, 0.25) is 0 Å². The molecule has 0 heterocycles. The Balaban J connectivity index is 4.07. The Labute approximate surface area is 44.5 Å². The van der Waals surface area contributed by atoms with Gasteiger partial charge in [0.1, 0.15) is 0 Å². The van der Waals surface area contributed by atoms with Crippen LogP contribution < -0.4 is 0 Å². The highest BCUT2D eigenvalue weighted by Gasteiger charge is 1.83. The van der Waals surface area contributed by atoms with Crippen molar-refractivity contribution >= 4 is 0 Å². The van der Waals surface area contributed by atoms with Gasteiger partial charge in [-0.3, -0.25) is 0 Å². The first-order valence-electron chi connectivity index (χ1n) is 2.20. The molecule has 0 saturated carbocycles. The van der Waals surface area contributed by atoms with Crippen molar-refractivity contribution in [3.8, 4) is 0 Å². The molecule has 7 heavy (non-hydrogen) atoms. The van der Waals surface area contributed by atoms with Crippen LogP contribution in [-0.2, 0) is 0 Å². The van der Waals surface area contributed by atoms with Gasteiger partial charge in [-0.25, -0.2) is 4.85 Å². The molecular weight excluding hydrogens is 86.1 g/mol. The number of rotatable bonds is 0. The zero-order chi connectivity index (χ0) is 5.86. The topological polar surface area (TPSA) is 4.36 Å². The van der Waals surface area contributed by atoms with Gasteiger partial charge < -0.3 is 0 Å². The third-order valence-corrected chi connectivity index (χ3v) is 0.891. The number of hydrogen-bond acceptors (Lipinski definition) is 0. The monoisotopic (exact) mass is 95.1 g/mol. The smallest absolute Gasteiger partial charge is 0.161 e. The second-order valence-electron chi connectivity index (χ2n) is 1.70. The average molecular weight is 95.1 g/mol. The van der Waals surface area contributed by atoms with E-state index in [0.29, 0.717) is 0 Å². The van der Waals surface area contributed by atoms with Crippen LogP contribution in [0.4, 0.5) is 0 Å². The molecular formula is C6H9N. The maximum atomic E-state index is 6.51. The molecule has 0 spiro atoms. The molecule has 0 aromatic carbocycles. The Kier molecular flexibility index (Phi) is 2.15. The standard InChI is InChI=1S/C6H9N/c1-5(2)6(3)7-4/h1-3H3. The molecule has 0 aliphatic heterocycles. The summed E-state index contributed by atoms with van der Waals surface area (Å²) in [6.07, 6.45) is 0. The summed E-state index contributed by atoms with van der Waals surface area (Å²) >= 11 is 0. The predicted molar refractivity (Wildman–Crippen MR) is 30.6 cm³/mol. The molecule has 38 valence electrons. The van der Waals surface area contributed by atoms with E-state index in [0.717, 1.165) is 11.3 Å². The second-order valence-corrected chi connectivity index (χ2v) is 1.70. The van der Waals surface area contributed by atoms with E-state index in [4.69, 9.17) is 6.57 Å². The van der Waals surface area contributed by atoms with E-state index < -0.39 is 0 Å². The number of hydrogen-bond donors (Lipinski definition) is 0. The van der Waals surface area contributed by atoms with Gasteiger partial charge >= 0.3 is 0 Å². The van der Waals surface area contributed by atoms with Crippen LogP contribution in [0.5, 0.6) is 0 Å². The molecule has 0 saturated heterocycles. The molecule has 0 fully saturated rings. The summed E-state index contributed by atoms with van der Waals surface area (Å²) in [5.41, 5.74) is 1.91. The fourth-order valence-corrected chi connectivity index (χ4v) is 0.112. The first-order chi connectivity index (χ1) is 3.18. The van der Waals surface area contributed by atoms with Crippen LogP contribution in [0.25, 0.3) is 4.85 Å². The molecule has 0 atom stereocenters. The van der Waals surface area contributed by atoms with E-state index >= 15 is 0 Å². The fraction of sp³-hybridized carbons (Fsp3) is 0.500. The van der Waals surface area contributed by atoms with Crippen molar-refractivity contribution < 1.29 is 0 Å². The van der Waals surface area contributed by atoms with Crippen LogP contribution in [0.3, 0.4) is 0 Å². The van der Waals surface area contributed by atoms with Crippen molar-refractivity contribution in [2.45, 2.75) is 20.8 Å². The summed E-state index contributed by atoms with van der Waals surface area (Å²) in [7, 11) is 0. The summed E-state index contributed by atoms with van der Waals surface area (Å²) in [4.78, 5) is 3.22. The van der Waals surface area contributed by atoms with Gasteiger partial charge in [0.15, 0.2) is 5.70 Å². The van der Waals surface area contributed by atoms with Crippen LogP contribution in [0, 0.1) is 6.57 Å². The van der Waals surface area contributed by atoms with Gasteiger partial charge in [-0.1, -0.05) is 19.4 Å². The molecule has 0 rings (SSSR count). The maximum Gasteiger partial charge on any atom is 0.161 e. The highest BCUT2D eigenvalue weighted by molar-refractivity contribution is 5.12. The lowest BCUT2D eigenvalue weighted by Gasteiger charge is -1.85. The Hall–Kier alpha value is -0.770. The van der Waals surface area contributed by atoms with Crippen molar-refractivity contribution in [2.24, 2.45) is 0 Å². The van der Waals surface area contributed by atoms with Crippen LogP contribution in [0.2, 0.25) is 0 Å². The van der Waals surface area contributed by atoms with Gasteiger partial charge in [-0.2, -0.15) is 0 Å². The largest absolute Gasteiger partial charge is 0.243 e. The zero-order valence-corrected chi connectivity index (χ0v) is 4.95. The third-order valence-electron chi connectivity index (χ3n) is 0.891. The molecule has 0 aromatic rings. The average Bonchev–Trinajstić information content (AvgIpc) is 1.65. The molecule has 0 aromatic heterocycles. The molecule has 0 amide bonds. The molecule has 1 heteroatoms. The summed E-state index contributed by atoms with van der Waals surface area (Å²) in [6.45, 7) is 12.2. The lowest BCUT2D eigenvalue weighted by Crippen LogP contribution is -1.66. The SMILES string of the molecule is [C-]#[N+]C(C)=C(C)C. The van der Waals surface area contributed by atoms with Crippen molar-refractivity contribution in [2.75, 3.05) is 0 Å². The van der Waals surface area contributed by atoms with Crippen molar-refractivity contribution in [1.29, 1.82) is 0 Å². The molecule has 0 radical (unpaired) electrons. The lowest BCUT2D eigenvalue weighted by atomic mass is 10.3. The normalized spacial score (nSPS) is 7.14. The quantitative estimate of drug-likeness (QED) is 0.406. The van der Waals surface area contributed by atoms with Gasteiger partial charge in [-0.05, 0) is 6.92 Å². The van der Waals surface area contributed by atoms with Crippen LogP contribution >= 0.6 is 0 Å². The van der Waals surface area contributed by atoms with Crippen molar-refractivity contribution in [3.05, 3.63) is 22.7 Å². The first-order valence-corrected chi connectivity index (χ1v) is 2.20. The highest BCUT2D eigenvalue weighted by atomic mass is 14.6. The summed E-state index contributed by atoms with van der Waals surface area (Å²) in [6, 6.07) is 0. The van der Waals surface area contributed by atoms with Gasteiger partial charge in [0.05, 0.1) is 6.57 Å². The van der Waals surface area contributed by atoms with Crippen LogP contribution in [-0.4, -0.2) is 0 Å². The molecule has 0 bridgehead atoms. The van der Waals surface area contributed by atoms with Gasteiger partial charge in [-0.15, -0.1) is 0 Å². The van der Waals surface area contributed by atoms with Crippen molar-refractivity contribution in [3.63, 3.8) is 0 Å². The van der Waals surface area contributed by atoms with E-state index in [9.17, 15) is 0 Å². The summed E-state index contributed by atoms with van der Waals surface area (Å²) in [5, 5.41) is 0. The van der Waals surface area contributed by atoms with E-state index in [1.165, 1.54) is 0 Å². The van der Waals surface area contributed by atoms with Crippen LogP contribution in [0.1, 0.15) is 20.8 Å².